The number of aromatic carboxylic acids is 2. The van der Waals surface area contributed by atoms with Crippen LogP contribution in [0.4, 0.5) is 22.7 Å². The van der Waals surface area contributed by atoms with Crippen molar-refractivity contribution in [2.45, 2.75) is 0 Å². The third-order valence-electron chi connectivity index (χ3n) is 4.79. The van der Waals surface area contributed by atoms with Crippen molar-refractivity contribution in [2.24, 2.45) is 0 Å². The van der Waals surface area contributed by atoms with E-state index >= 15 is 0 Å². The van der Waals surface area contributed by atoms with Crippen LogP contribution < -0.4 is 10.6 Å². The Balaban J connectivity index is 1.78. The van der Waals surface area contributed by atoms with Crippen molar-refractivity contribution in [1.82, 2.24) is 0 Å². The van der Waals surface area contributed by atoms with Crippen molar-refractivity contribution in [3.8, 4) is 0 Å². The van der Waals surface area contributed by atoms with Crippen LogP contribution in [0.2, 0.25) is 0 Å². The topological polar surface area (TPSA) is 219 Å². The number of hydrogen-bond acceptors (Lipinski definition) is 8. The molecule has 0 aliphatic carbocycles. The van der Waals surface area contributed by atoms with Crippen LogP contribution in [0.3, 0.4) is 0 Å². The largest absolute Gasteiger partial charge is 0.478 e. The molecule has 3 rings (SSSR count). The molecule has 2 amide bonds. The van der Waals surface area contributed by atoms with E-state index in [1.165, 1.54) is 24.3 Å². The molecule has 0 fully saturated rings. The molecule has 182 valence electrons. The summed E-state index contributed by atoms with van der Waals surface area (Å²) in [5.74, 6) is -4.33. The molecule has 0 heterocycles. The number of benzene rings is 3. The number of carboxylic acid groups (broad SMARTS) is 2. The maximum Gasteiger partial charge on any atom is 0.335 e. The molecule has 4 N–H and O–H groups in total. The molecular weight excluding hydrogens is 480 g/mol. The molecule has 0 aliphatic rings. The molecule has 14 heteroatoms. The van der Waals surface area contributed by atoms with Gasteiger partial charge in [0.1, 0.15) is 11.4 Å². The monoisotopic (exact) mass is 494 g/mol. The third kappa shape index (κ3) is 5.45. The second-order valence-electron chi connectivity index (χ2n) is 7.07. The minimum atomic E-state index is -1.38. The fourth-order valence-corrected chi connectivity index (χ4v) is 3.00. The van der Waals surface area contributed by atoms with Gasteiger partial charge in [0, 0.05) is 23.3 Å². The molecule has 3 aromatic carbocycles. The second kappa shape index (κ2) is 10.1. The molecule has 0 spiro atoms. The normalized spacial score (nSPS) is 10.2. The molecule has 0 bridgehead atoms. The first-order valence-electron chi connectivity index (χ1n) is 9.74. The standard InChI is InChI=1S/C22H14N4O10/c27-19(23-15-7-5-13(21(29)30)9-17(15)25(33)34)11-1-2-12(4-3-11)20(28)24-16-8-6-14(22(31)32)10-18(16)26(35)36/h1-10H,(H,23,27)(H,24,28)(H,29,30)(H,31,32). The van der Waals surface area contributed by atoms with E-state index in [1.807, 2.05) is 0 Å². The van der Waals surface area contributed by atoms with Gasteiger partial charge in [0.25, 0.3) is 23.2 Å². The Morgan fingerprint density at radius 2 is 0.889 bits per heavy atom. The maximum absolute atomic E-state index is 12.5. The van der Waals surface area contributed by atoms with Gasteiger partial charge in [-0.1, -0.05) is 0 Å². The lowest BCUT2D eigenvalue weighted by molar-refractivity contribution is -0.384. The van der Waals surface area contributed by atoms with Gasteiger partial charge in [-0.3, -0.25) is 29.8 Å². The highest BCUT2D eigenvalue weighted by Crippen LogP contribution is 2.27. The number of hydrogen-bond donors (Lipinski definition) is 4. The van der Waals surface area contributed by atoms with E-state index in [-0.39, 0.29) is 33.6 Å². The van der Waals surface area contributed by atoms with Crippen molar-refractivity contribution in [1.29, 1.82) is 0 Å². The Morgan fingerprint density at radius 3 is 1.17 bits per heavy atom. The third-order valence-corrected chi connectivity index (χ3v) is 4.79. The summed E-state index contributed by atoms with van der Waals surface area (Å²) in [4.78, 5) is 67.9. The van der Waals surface area contributed by atoms with Gasteiger partial charge in [0.15, 0.2) is 0 Å². The zero-order chi connectivity index (χ0) is 26.6. The van der Waals surface area contributed by atoms with E-state index in [0.29, 0.717) is 0 Å². The van der Waals surface area contributed by atoms with Gasteiger partial charge >= 0.3 is 11.9 Å². The van der Waals surface area contributed by atoms with Gasteiger partial charge in [0.05, 0.1) is 21.0 Å². The predicted molar refractivity (Wildman–Crippen MR) is 122 cm³/mol. The lowest BCUT2D eigenvalue weighted by Crippen LogP contribution is -2.16. The highest BCUT2D eigenvalue weighted by Gasteiger charge is 2.21. The molecule has 0 atom stereocenters. The summed E-state index contributed by atoms with van der Waals surface area (Å²) in [6, 6.07) is 10.8. The number of rotatable bonds is 8. The van der Waals surface area contributed by atoms with Crippen molar-refractivity contribution >= 4 is 46.5 Å². The summed E-state index contributed by atoms with van der Waals surface area (Å²) in [5, 5.41) is 45.1. The average Bonchev–Trinajstić information content (AvgIpc) is 2.83. The number of nitrogens with one attached hydrogen (secondary N) is 2. The van der Waals surface area contributed by atoms with Gasteiger partial charge in [0.2, 0.25) is 0 Å². The summed E-state index contributed by atoms with van der Waals surface area (Å²) < 4.78 is 0. The summed E-state index contributed by atoms with van der Waals surface area (Å²) in [6.45, 7) is 0. The van der Waals surface area contributed by atoms with Crippen LogP contribution >= 0.6 is 0 Å². The van der Waals surface area contributed by atoms with Gasteiger partial charge in [-0.15, -0.1) is 0 Å². The number of carboxylic acids is 2. The fraction of sp³-hybridized carbons (Fsp3) is 0. The van der Waals surface area contributed by atoms with Crippen LogP contribution in [0.15, 0.2) is 60.7 Å². The van der Waals surface area contributed by atoms with Crippen LogP contribution in [0, 0.1) is 20.2 Å². The molecule has 0 saturated heterocycles. The van der Waals surface area contributed by atoms with Crippen LogP contribution in [-0.2, 0) is 0 Å². The quantitative estimate of drug-likeness (QED) is 0.264. The van der Waals surface area contributed by atoms with Crippen LogP contribution in [0.1, 0.15) is 41.4 Å². The average molecular weight is 494 g/mol. The van der Waals surface area contributed by atoms with Crippen molar-refractivity contribution in [3.05, 3.63) is 103 Å². The molecule has 0 radical (unpaired) electrons. The summed E-state index contributed by atoms with van der Waals surface area (Å²) in [7, 11) is 0. The van der Waals surface area contributed by atoms with E-state index in [0.717, 1.165) is 36.4 Å². The number of nitro groups is 2. The first-order chi connectivity index (χ1) is 17.0. The number of nitrogens with zero attached hydrogens (tertiary/aromatic N) is 2. The van der Waals surface area contributed by atoms with Crippen molar-refractivity contribution in [3.63, 3.8) is 0 Å². The Labute approximate surface area is 200 Å². The number of nitro benzene ring substituents is 2. The summed E-state index contributed by atoms with van der Waals surface area (Å²) in [6.07, 6.45) is 0. The SMILES string of the molecule is O=C(O)c1ccc(NC(=O)c2ccc(C(=O)Nc3ccc(C(=O)O)cc3[N+](=O)[O-])cc2)c([N+](=O)[O-])c1. The summed E-state index contributed by atoms with van der Waals surface area (Å²) >= 11 is 0. The highest BCUT2D eigenvalue weighted by molar-refractivity contribution is 6.08. The Kier molecular flexibility index (Phi) is 7.00. The zero-order valence-corrected chi connectivity index (χ0v) is 17.8. The molecule has 0 aromatic heterocycles. The minimum absolute atomic E-state index is 0.0000456. The number of carbonyl (C=O) groups is 4. The van der Waals surface area contributed by atoms with Crippen molar-refractivity contribution < 1.29 is 39.2 Å². The smallest absolute Gasteiger partial charge is 0.335 e. The predicted octanol–water partition coefficient (Wildman–Crippen LogP) is 3.40. The zero-order valence-electron chi connectivity index (χ0n) is 17.8. The first-order valence-corrected chi connectivity index (χ1v) is 9.74. The molecule has 0 saturated carbocycles. The molecule has 14 nitrogen and oxygen atoms in total. The summed E-state index contributed by atoms with van der Waals surface area (Å²) in [5.41, 5.74) is -2.42. The fourth-order valence-electron chi connectivity index (χ4n) is 3.00. The van der Waals surface area contributed by atoms with Gasteiger partial charge in [-0.05, 0) is 48.5 Å². The first kappa shape index (κ1) is 25.0. The van der Waals surface area contributed by atoms with Gasteiger partial charge in [-0.2, -0.15) is 0 Å². The molecule has 3 aromatic rings. The van der Waals surface area contributed by atoms with Crippen LogP contribution in [0.25, 0.3) is 0 Å². The highest BCUT2D eigenvalue weighted by atomic mass is 16.6. The Hall–Kier alpha value is -5.66. The lowest BCUT2D eigenvalue weighted by atomic mass is 10.1. The molecule has 0 aliphatic heterocycles. The number of anilines is 2. The molecule has 36 heavy (non-hydrogen) atoms. The van der Waals surface area contributed by atoms with Crippen LogP contribution in [0.5, 0.6) is 0 Å². The molecule has 0 unspecified atom stereocenters. The molecular formula is C22H14N4O10. The van der Waals surface area contributed by atoms with Gasteiger partial charge in [-0.25, -0.2) is 9.59 Å². The van der Waals surface area contributed by atoms with E-state index in [2.05, 4.69) is 10.6 Å². The van der Waals surface area contributed by atoms with Crippen LogP contribution in [-0.4, -0.2) is 43.8 Å². The lowest BCUT2D eigenvalue weighted by Gasteiger charge is -2.09. The number of amides is 2. The van der Waals surface area contributed by atoms with E-state index in [4.69, 9.17) is 10.2 Å². The number of carbonyl (C=O) groups excluding carboxylic acids is 2. The van der Waals surface area contributed by atoms with E-state index < -0.39 is 45.0 Å². The maximum atomic E-state index is 12.5. The van der Waals surface area contributed by atoms with Gasteiger partial charge < -0.3 is 20.8 Å². The second-order valence-corrected chi connectivity index (χ2v) is 7.07. The van der Waals surface area contributed by atoms with E-state index in [1.54, 1.807) is 0 Å². The Morgan fingerprint density at radius 1 is 0.583 bits per heavy atom. The van der Waals surface area contributed by atoms with Crippen molar-refractivity contribution in [2.75, 3.05) is 10.6 Å². The Bertz CT molecular complexity index is 1320. The minimum Gasteiger partial charge on any atom is -0.478 e. The van der Waals surface area contributed by atoms with E-state index in [9.17, 15) is 39.4 Å².